The van der Waals surface area contributed by atoms with E-state index in [0.717, 1.165) is 22.8 Å². The Labute approximate surface area is 198 Å². The Hall–Kier alpha value is -3.38. The van der Waals surface area contributed by atoms with E-state index in [2.05, 4.69) is 40.7 Å². The fourth-order valence-corrected chi connectivity index (χ4v) is 4.66. The van der Waals surface area contributed by atoms with Crippen LogP contribution in [0.2, 0.25) is 0 Å². The van der Waals surface area contributed by atoms with E-state index in [1.54, 1.807) is 7.11 Å². The van der Waals surface area contributed by atoms with Gasteiger partial charge in [0.15, 0.2) is 16.8 Å². The predicted octanol–water partition coefficient (Wildman–Crippen LogP) is 6.43. The molecule has 0 spiro atoms. The fourth-order valence-electron chi connectivity index (χ4n) is 3.72. The summed E-state index contributed by atoms with van der Waals surface area (Å²) in [4.78, 5) is 13.0. The van der Waals surface area contributed by atoms with Crippen LogP contribution in [0.1, 0.15) is 42.6 Å². The first kappa shape index (κ1) is 22.8. The minimum absolute atomic E-state index is 0.0679. The van der Waals surface area contributed by atoms with E-state index >= 15 is 0 Å². The molecular formula is C27H27N3O2S. The monoisotopic (exact) mass is 457 g/mol. The molecule has 0 aliphatic rings. The smallest absolute Gasteiger partial charge is 0.196 e. The number of carbonyl (C=O) groups excluding carboxylic acids is 1. The molecule has 4 aromatic rings. The van der Waals surface area contributed by atoms with E-state index in [4.69, 9.17) is 4.74 Å². The Bertz CT molecular complexity index is 1230. The minimum Gasteiger partial charge on any atom is -0.497 e. The number of ketones is 1. The Balaban J connectivity index is 1.79. The van der Waals surface area contributed by atoms with Gasteiger partial charge in [-0.05, 0) is 48.7 Å². The molecular weight excluding hydrogens is 430 g/mol. The number of benzene rings is 3. The van der Waals surface area contributed by atoms with Crippen molar-refractivity contribution in [1.29, 1.82) is 0 Å². The Kier molecular flexibility index (Phi) is 6.94. The Morgan fingerprint density at radius 2 is 1.55 bits per heavy atom. The molecule has 1 unspecified atom stereocenters. The largest absolute Gasteiger partial charge is 0.497 e. The number of rotatable bonds is 8. The summed E-state index contributed by atoms with van der Waals surface area (Å²) < 4.78 is 7.38. The van der Waals surface area contributed by atoms with Crippen molar-refractivity contribution in [2.24, 2.45) is 0 Å². The lowest BCUT2D eigenvalue weighted by atomic mass is 10.0. The van der Waals surface area contributed by atoms with E-state index < -0.39 is 0 Å². The highest BCUT2D eigenvalue weighted by molar-refractivity contribution is 8.00. The summed E-state index contributed by atoms with van der Waals surface area (Å²) in [5.74, 6) is 1.89. The van der Waals surface area contributed by atoms with Crippen LogP contribution in [0.3, 0.4) is 0 Å². The van der Waals surface area contributed by atoms with Gasteiger partial charge in [0, 0.05) is 11.1 Å². The van der Waals surface area contributed by atoms with Gasteiger partial charge in [0.1, 0.15) is 5.75 Å². The molecule has 5 nitrogen and oxygen atoms in total. The number of para-hydroxylation sites is 1. The maximum Gasteiger partial charge on any atom is 0.196 e. The van der Waals surface area contributed by atoms with Gasteiger partial charge < -0.3 is 4.74 Å². The van der Waals surface area contributed by atoms with Crippen LogP contribution in [0.15, 0.2) is 84.0 Å². The minimum atomic E-state index is -0.315. The molecule has 0 amide bonds. The van der Waals surface area contributed by atoms with Gasteiger partial charge in [0.25, 0.3) is 0 Å². The van der Waals surface area contributed by atoms with Crippen LogP contribution < -0.4 is 4.74 Å². The number of aromatic nitrogens is 3. The van der Waals surface area contributed by atoms with Gasteiger partial charge >= 0.3 is 0 Å². The van der Waals surface area contributed by atoms with Gasteiger partial charge in [-0.2, -0.15) is 0 Å². The molecule has 1 heterocycles. The molecule has 0 radical (unpaired) electrons. The zero-order valence-electron chi connectivity index (χ0n) is 19.2. The van der Waals surface area contributed by atoms with Crippen molar-refractivity contribution in [2.75, 3.05) is 7.11 Å². The summed E-state index contributed by atoms with van der Waals surface area (Å²) in [6.45, 7) is 6.26. The molecule has 6 heteroatoms. The van der Waals surface area contributed by atoms with Crippen molar-refractivity contribution in [3.8, 4) is 22.8 Å². The van der Waals surface area contributed by atoms with Gasteiger partial charge in [-0.3, -0.25) is 9.36 Å². The van der Waals surface area contributed by atoms with Gasteiger partial charge in [-0.15, -0.1) is 10.2 Å². The summed E-state index contributed by atoms with van der Waals surface area (Å²) in [6, 6.07) is 25.4. The quantitative estimate of drug-likeness (QED) is 0.225. The highest BCUT2D eigenvalue weighted by atomic mass is 32.2. The first-order chi connectivity index (χ1) is 16.0. The molecule has 1 atom stereocenters. The zero-order valence-corrected chi connectivity index (χ0v) is 20.0. The van der Waals surface area contributed by atoms with Crippen LogP contribution in [0, 0.1) is 0 Å². The number of Topliss-reactive ketones (excluding diaryl/α,β-unsaturated/α-hetero) is 1. The zero-order chi connectivity index (χ0) is 23.4. The van der Waals surface area contributed by atoms with Crippen LogP contribution in [0.5, 0.6) is 5.75 Å². The predicted molar refractivity (Wildman–Crippen MR) is 134 cm³/mol. The summed E-state index contributed by atoms with van der Waals surface area (Å²) >= 11 is 1.43. The van der Waals surface area contributed by atoms with E-state index in [0.29, 0.717) is 16.6 Å². The molecule has 3 aromatic carbocycles. The summed E-state index contributed by atoms with van der Waals surface area (Å²) in [5, 5.41) is 9.44. The normalized spacial score (nSPS) is 12.0. The number of carbonyl (C=O) groups is 1. The highest BCUT2D eigenvalue weighted by Crippen LogP contribution is 2.34. The highest BCUT2D eigenvalue weighted by Gasteiger charge is 2.24. The number of nitrogens with zero attached hydrogens (tertiary/aromatic N) is 3. The molecule has 33 heavy (non-hydrogen) atoms. The van der Waals surface area contributed by atoms with Crippen LogP contribution in [-0.4, -0.2) is 32.9 Å². The average molecular weight is 458 g/mol. The third kappa shape index (κ3) is 4.86. The fraction of sp³-hybridized carbons (Fsp3) is 0.222. The second kappa shape index (κ2) is 10.0. The molecule has 0 aliphatic carbocycles. The maximum absolute atomic E-state index is 13.0. The molecule has 0 N–H and O–H groups in total. The summed E-state index contributed by atoms with van der Waals surface area (Å²) in [6.07, 6.45) is 0. The third-order valence-electron chi connectivity index (χ3n) is 5.49. The third-order valence-corrected chi connectivity index (χ3v) is 6.53. The first-order valence-electron chi connectivity index (χ1n) is 10.9. The number of methoxy groups -OCH3 is 1. The van der Waals surface area contributed by atoms with E-state index in [1.165, 1.54) is 17.3 Å². The van der Waals surface area contributed by atoms with E-state index in [-0.39, 0.29) is 11.0 Å². The number of thioether (sulfide) groups is 1. The SMILES string of the molecule is COc1ccc(-c2nnc(SC(C)C(=O)c3ccccc3)n2-c2ccccc2C(C)C)cc1. The van der Waals surface area contributed by atoms with Crippen molar-refractivity contribution >= 4 is 17.5 Å². The number of ether oxygens (including phenoxy) is 1. The Morgan fingerprint density at radius 1 is 0.879 bits per heavy atom. The second-order valence-electron chi connectivity index (χ2n) is 8.07. The standard InChI is InChI=1S/C27H27N3O2S/c1-18(2)23-12-8-9-13-24(23)30-26(21-14-16-22(32-4)17-15-21)28-29-27(30)33-19(3)25(31)20-10-6-5-7-11-20/h5-19H,1-4H3. The van der Waals surface area contributed by atoms with Crippen LogP contribution in [0.4, 0.5) is 0 Å². The van der Waals surface area contributed by atoms with E-state index in [9.17, 15) is 4.79 Å². The van der Waals surface area contributed by atoms with Gasteiger partial charge in [-0.25, -0.2) is 0 Å². The lowest BCUT2D eigenvalue weighted by Gasteiger charge is -2.18. The number of hydrogen-bond acceptors (Lipinski definition) is 5. The maximum atomic E-state index is 13.0. The molecule has 0 saturated carbocycles. The van der Waals surface area contributed by atoms with Crippen molar-refractivity contribution in [1.82, 2.24) is 14.8 Å². The molecule has 1 aromatic heterocycles. The molecule has 168 valence electrons. The summed E-state index contributed by atoms with van der Waals surface area (Å²) in [5.41, 5.74) is 3.83. The molecule has 0 saturated heterocycles. The van der Waals surface area contributed by atoms with Gasteiger partial charge in [0.2, 0.25) is 0 Å². The van der Waals surface area contributed by atoms with Gasteiger partial charge in [0.05, 0.1) is 18.0 Å². The number of hydrogen-bond donors (Lipinski definition) is 0. The van der Waals surface area contributed by atoms with Crippen LogP contribution in [0.25, 0.3) is 17.1 Å². The van der Waals surface area contributed by atoms with Gasteiger partial charge in [-0.1, -0.05) is 74.1 Å². The molecule has 0 bridgehead atoms. The molecule has 0 aliphatic heterocycles. The van der Waals surface area contributed by atoms with Crippen LogP contribution >= 0.6 is 11.8 Å². The lowest BCUT2D eigenvalue weighted by molar-refractivity contribution is 0.0994. The first-order valence-corrected chi connectivity index (χ1v) is 11.8. The van der Waals surface area contributed by atoms with Crippen molar-refractivity contribution < 1.29 is 9.53 Å². The van der Waals surface area contributed by atoms with Crippen LogP contribution in [-0.2, 0) is 0 Å². The Morgan fingerprint density at radius 3 is 2.21 bits per heavy atom. The topological polar surface area (TPSA) is 57.0 Å². The van der Waals surface area contributed by atoms with Crippen molar-refractivity contribution in [3.63, 3.8) is 0 Å². The second-order valence-corrected chi connectivity index (χ2v) is 9.38. The molecule has 0 fully saturated rings. The van der Waals surface area contributed by atoms with Crippen molar-refractivity contribution in [2.45, 2.75) is 37.1 Å². The lowest BCUT2D eigenvalue weighted by Crippen LogP contribution is -2.15. The summed E-state index contributed by atoms with van der Waals surface area (Å²) in [7, 11) is 1.65. The van der Waals surface area contributed by atoms with Crippen molar-refractivity contribution in [3.05, 3.63) is 90.0 Å². The molecule has 4 rings (SSSR count). The van der Waals surface area contributed by atoms with E-state index in [1.807, 2.05) is 73.7 Å². The average Bonchev–Trinajstić information content (AvgIpc) is 3.27.